The minimum absolute atomic E-state index is 0.200. The van der Waals surface area contributed by atoms with Crippen LogP contribution in [0, 0.1) is 11.8 Å². The van der Waals surface area contributed by atoms with Crippen molar-refractivity contribution >= 4 is 37.8 Å². The van der Waals surface area contributed by atoms with E-state index in [-0.39, 0.29) is 4.90 Å². The number of para-hydroxylation sites is 1. The van der Waals surface area contributed by atoms with E-state index in [4.69, 9.17) is 9.15 Å². The topological polar surface area (TPSA) is 81.4 Å². The van der Waals surface area contributed by atoms with E-state index in [1.165, 1.54) is 30.6 Å². The zero-order valence-electron chi connectivity index (χ0n) is 16.3. The number of sulfone groups is 1. The summed E-state index contributed by atoms with van der Waals surface area (Å²) in [5.41, 5.74) is 4.91. The van der Waals surface area contributed by atoms with Gasteiger partial charge in [-0.15, -0.1) is 11.3 Å². The summed E-state index contributed by atoms with van der Waals surface area (Å²) in [6, 6.07) is 12.5. The number of thiazole rings is 1. The summed E-state index contributed by atoms with van der Waals surface area (Å²) in [6.07, 6.45) is 1.16. The molecule has 0 unspecified atom stereocenters. The standard InChI is InChI=1S/C22H18N2O4S2/c1-27-21-12-15(30(2,25)26)9-10-17(21)23-11-5-8-20-22(18-13-29-14-24-18)16-6-3-4-7-19(16)28-20/h3-4,6-7,9-10,12-14,23H,11H2,1-2H3. The normalized spacial score (nSPS) is 11.1. The quantitative estimate of drug-likeness (QED) is 0.464. The number of fused-ring (bicyclic) bond motifs is 1. The van der Waals surface area contributed by atoms with Gasteiger partial charge in [0.2, 0.25) is 0 Å². The van der Waals surface area contributed by atoms with Crippen LogP contribution in [0.3, 0.4) is 0 Å². The Morgan fingerprint density at radius 2 is 2.07 bits per heavy atom. The highest BCUT2D eigenvalue weighted by molar-refractivity contribution is 7.90. The molecule has 0 spiro atoms. The summed E-state index contributed by atoms with van der Waals surface area (Å²) >= 11 is 1.52. The van der Waals surface area contributed by atoms with Gasteiger partial charge in [0.05, 0.1) is 41.0 Å². The van der Waals surface area contributed by atoms with E-state index in [0.717, 1.165) is 28.5 Å². The molecule has 0 aliphatic heterocycles. The number of hydrogen-bond acceptors (Lipinski definition) is 7. The fourth-order valence-electron chi connectivity index (χ4n) is 3.04. The lowest BCUT2D eigenvalue weighted by atomic mass is 10.1. The van der Waals surface area contributed by atoms with E-state index in [1.54, 1.807) is 11.6 Å². The van der Waals surface area contributed by atoms with Gasteiger partial charge in [0.25, 0.3) is 0 Å². The van der Waals surface area contributed by atoms with Crippen LogP contribution in [0.5, 0.6) is 5.75 Å². The Balaban J connectivity index is 1.59. The molecule has 2 heterocycles. The molecule has 2 aromatic carbocycles. The summed E-state index contributed by atoms with van der Waals surface area (Å²) in [5, 5.41) is 6.09. The Kier molecular flexibility index (Phi) is 5.48. The molecule has 4 aromatic rings. The molecule has 0 aliphatic carbocycles. The van der Waals surface area contributed by atoms with Crippen molar-refractivity contribution in [2.75, 3.05) is 25.2 Å². The molecule has 0 atom stereocenters. The SMILES string of the molecule is COc1cc(S(C)(=O)=O)ccc1NCC#Cc1oc2ccccc2c1-c1cscn1. The fourth-order valence-corrected chi connectivity index (χ4v) is 4.22. The Morgan fingerprint density at radius 3 is 2.80 bits per heavy atom. The molecule has 2 aromatic heterocycles. The highest BCUT2D eigenvalue weighted by Gasteiger charge is 2.16. The van der Waals surface area contributed by atoms with Gasteiger partial charge in [-0.3, -0.25) is 0 Å². The largest absolute Gasteiger partial charge is 0.495 e. The Bertz CT molecular complexity index is 1360. The molecule has 0 bridgehead atoms. The van der Waals surface area contributed by atoms with Gasteiger partial charge in [0, 0.05) is 23.1 Å². The maximum Gasteiger partial charge on any atom is 0.187 e. The lowest BCUT2D eigenvalue weighted by molar-refractivity contribution is 0.415. The van der Waals surface area contributed by atoms with Crippen molar-refractivity contribution in [3.63, 3.8) is 0 Å². The van der Waals surface area contributed by atoms with Crippen LogP contribution in [-0.2, 0) is 9.84 Å². The maximum atomic E-state index is 11.7. The lowest BCUT2D eigenvalue weighted by Crippen LogP contribution is -2.03. The van der Waals surface area contributed by atoms with Gasteiger partial charge in [-0.1, -0.05) is 24.1 Å². The van der Waals surface area contributed by atoms with Crippen molar-refractivity contribution in [3.05, 3.63) is 59.1 Å². The third-order valence-electron chi connectivity index (χ3n) is 4.45. The van der Waals surface area contributed by atoms with Gasteiger partial charge >= 0.3 is 0 Å². The molecule has 152 valence electrons. The third kappa shape index (κ3) is 4.03. The molecule has 1 N–H and O–H groups in total. The van der Waals surface area contributed by atoms with Crippen molar-refractivity contribution in [1.29, 1.82) is 0 Å². The number of furan rings is 1. The third-order valence-corrected chi connectivity index (χ3v) is 6.15. The van der Waals surface area contributed by atoms with Crippen LogP contribution in [-0.4, -0.2) is 33.3 Å². The Labute approximate surface area is 178 Å². The molecular formula is C22H18N2O4S2. The molecule has 0 radical (unpaired) electrons. The monoisotopic (exact) mass is 438 g/mol. The molecule has 0 saturated carbocycles. The minimum atomic E-state index is -3.31. The van der Waals surface area contributed by atoms with E-state index in [2.05, 4.69) is 22.1 Å². The van der Waals surface area contributed by atoms with Crippen molar-refractivity contribution in [2.45, 2.75) is 4.90 Å². The van der Waals surface area contributed by atoms with Crippen molar-refractivity contribution < 1.29 is 17.6 Å². The van der Waals surface area contributed by atoms with Crippen LogP contribution in [0.15, 0.2) is 62.7 Å². The van der Waals surface area contributed by atoms with Crippen LogP contribution in [0.4, 0.5) is 5.69 Å². The number of anilines is 1. The number of ether oxygens (including phenoxy) is 1. The first-order chi connectivity index (χ1) is 14.5. The van der Waals surface area contributed by atoms with Gasteiger partial charge in [-0.05, 0) is 24.1 Å². The summed E-state index contributed by atoms with van der Waals surface area (Å²) in [5.74, 6) is 7.14. The van der Waals surface area contributed by atoms with Crippen LogP contribution < -0.4 is 10.1 Å². The highest BCUT2D eigenvalue weighted by atomic mass is 32.2. The Hall–Kier alpha value is -3.28. The minimum Gasteiger partial charge on any atom is -0.495 e. The summed E-state index contributed by atoms with van der Waals surface area (Å²) < 4.78 is 34.7. The van der Waals surface area contributed by atoms with E-state index < -0.39 is 9.84 Å². The van der Waals surface area contributed by atoms with Gasteiger partial charge in [-0.2, -0.15) is 0 Å². The molecule has 4 rings (SSSR count). The number of nitrogens with one attached hydrogen (secondary N) is 1. The molecule has 0 fully saturated rings. The van der Waals surface area contributed by atoms with E-state index >= 15 is 0 Å². The Morgan fingerprint density at radius 1 is 1.23 bits per heavy atom. The van der Waals surface area contributed by atoms with Gasteiger partial charge in [0.15, 0.2) is 15.6 Å². The lowest BCUT2D eigenvalue weighted by Gasteiger charge is -2.10. The second-order valence-electron chi connectivity index (χ2n) is 6.47. The number of hydrogen-bond donors (Lipinski definition) is 1. The zero-order valence-corrected chi connectivity index (χ0v) is 17.9. The fraction of sp³-hybridized carbons (Fsp3) is 0.136. The molecule has 0 saturated heterocycles. The first-order valence-electron chi connectivity index (χ1n) is 8.98. The number of aromatic nitrogens is 1. The van der Waals surface area contributed by atoms with Crippen molar-refractivity contribution in [2.24, 2.45) is 0 Å². The van der Waals surface area contributed by atoms with Crippen LogP contribution in [0.25, 0.3) is 22.2 Å². The van der Waals surface area contributed by atoms with Gasteiger partial charge in [0.1, 0.15) is 11.3 Å². The average molecular weight is 439 g/mol. The van der Waals surface area contributed by atoms with Crippen LogP contribution in [0.1, 0.15) is 5.76 Å². The second-order valence-corrected chi connectivity index (χ2v) is 9.20. The van der Waals surface area contributed by atoms with Crippen molar-refractivity contribution in [1.82, 2.24) is 4.98 Å². The first kappa shape index (κ1) is 20.0. The van der Waals surface area contributed by atoms with E-state index in [0.29, 0.717) is 23.7 Å². The summed E-state index contributed by atoms with van der Waals surface area (Å²) in [6.45, 7) is 0.322. The van der Waals surface area contributed by atoms with Crippen molar-refractivity contribution in [3.8, 4) is 28.8 Å². The first-order valence-corrected chi connectivity index (χ1v) is 11.8. The van der Waals surface area contributed by atoms with Gasteiger partial charge in [-0.25, -0.2) is 13.4 Å². The molecule has 0 amide bonds. The maximum absolute atomic E-state index is 11.7. The predicted octanol–water partition coefficient (Wildman–Crippen LogP) is 4.43. The van der Waals surface area contributed by atoms with Crippen LogP contribution >= 0.6 is 11.3 Å². The van der Waals surface area contributed by atoms with Gasteiger partial charge < -0.3 is 14.5 Å². The van der Waals surface area contributed by atoms with E-state index in [9.17, 15) is 8.42 Å². The summed E-state index contributed by atoms with van der Waals surface area (Å²) in [4.78, 5) is 4.61. The predicted molar refractivity (Wildman–Crippen MR) is 119 cm³/mol. The summed E-state index contributed by atoms with van der Waals surface area (Å²) in [7, 11) is -1.81. The number of nitrogens with zero attached hydrogens (tertiary/aromatic N) is 1. The van der Waals surface area contributed by atoms with E-state index in [1.807, 2.05) is 29.6 Å². The number of rotatable bonds is 5. The molecule has 6 nitrogen and oxygen atoms in total. The molecule has 0 aliphatic rings. The average Bonchev–Trinajstić information content (AvgIpc) is 3.37. The smallest absolute Gasteiger partial charge is 0.187 e. The zero-order chi connectivity index (χ0) is 21.1. The highest BCUT2D eigenvalue weighted by Crippen LogP contribution is 2.34. The number of methoxy groups -OCH3 is 1. The molecule has 8 heteroatoms. The second kappa shape index (κ2) is 8.22. The number of benzene rings is 2. The molecular weight excluding hydrogens is 420 g/mol. The molecule has 30 heavy (non-hydrogen) atoms. The van der Waals surface area contributed by atoms with Crippen LogP contribution in [0.2, 0.25) is 0 Å².